The third-order valence-corrected chi connectivity index (χ3v) is 4.62. The van der Waals surface area contributed by atoms with Gasteiger partial charge in [-0.2, -0.15) is 13.2 Å². The summed E-state index contributed by atoms with van der Waals surface area (Å²) in [4.78, 5) is 25.9. The van der Waals surface area contributed by atoms with Crippen molar-refractivity contribution in [1.82, 2.24) is 10.2 Å². The van der Waals surface area contributed by atoms with Crippen LogP contribution in [0.15, 0.2) is 42.5 Å². The number of likely N-dealkylation sites (tertiary alicyclic amines) is 1. The molecule has 9 heteroatoms. The molecule has 1 atom stereocenters. The molecule has 0 radical (unpaired) electrons. The summed E-state index contributed by atoms with van der Waals surface area (Å²) in [6.45, 7) is 0.364. The number of alkyl halides is 3. The molecule has 1 saturated heterocycles. The molecular weight excluding hydrogens is 395 g/mol. The Labute approximate surface area is 163 Å². The highest BCUT2D eigenvalue weighted by Crippen LogP contribution is 2.31. The van der Waals surface area contributed by atoms with Crippen LogP contribution >= 0.6 is 0 Å². The number of amides is 2. The van der Waals surface area contributed by atoms with E-state index in [4.69, 9.17) is 0 Å². The first kappa shape index (κ1) is 20.8. The molecule has 0 bridgehead atoms. The molecule has 0 aliphatic carbocycles. The molecular formula is C20H17F5N2O2. The van der Waals surface area contributed by atoms with Crippen LogP contribution in [-0.2, 0) is 11.0 Å². The van der Waals surface area contributed by atoms with Crippen LogP contribution in [0.25, 0.3) is 0 Å². The van der Waals surface area contributed by atoms with Crippen LogP contribution in [0.4, 0.5) is 22.0 Å². The molecule has 4 nitrogen and oxygen atoms in total. The van der Waals surface area contributed by atoms with Crippen LogP contribution in [0.1, 0.15) is 40.4 Å². The summed E-state index contributed by atoms with van der Waals surface area (Å²) in [5.74, 6) is -2.95. The van der Waals surface area contributed by atoms with Crippen LogP contribution in [0.2, 0.25) is 0 Å². The van der Waals surface area contributed by atoms with E-state index in [1.165, 1.54) is 17.0 Å². The molecule has 2 amide bonds. The molecule has 1 N–H and O–H groups in total. The van der Waals surface area contributed by atoms with E-state index in [-0.39, 0.29) is 23.6 Å². The van der Waals surface area contributed by atoms with Gasteiger partial charge in [0.1, 0.15) is 11.6 Å². The fourth-order valence-electron chi connectivity index (χ4n) is 3.21. The fraction of sp³-hybridized carbons (Fsp3) is 0.300. The average Bonchev–Trinajstić information content (AvgIpc) is 3.04. The number of hydrogen-bond donors (Lipinski definition) is 1. The normalized spacial score (nSPS) is 15.5. The van der Waals surface area contributed by atoms with Gasteiger partial charge in [-0.05, 0) is 36.2 Å². The van der Waals surface area contributed by atoms with E-state index in [2.05, 4.69) is 5.32 Å². The van der Waals surface area contributed by atoms with Gasteiger partial charge in [-0.15, -0.1) is 0 Å². The third kappa shape index (κ3) is 5.10. The predicted molar refractivity (Wildman–Crippen MR) is 93.8 cm³/mol. The Hall–Kier alpha value is -2.97. The maximum absolute atomic E-state index is 13.4. The number of nitrogens with one attached hydrogen (secondary N) is 1. The van der Waals surface area contributed by atoms with Crippen molar-refractivity contribution in [3.63, 3.8) is 0 Å². The molecule has 1 unspecified atom stereocenters. The van der Waals surface area contributed by atoms with E-state index in [1.807, 2.05) is 0 Å². The summed E-state index contributed by atoms with van der Waals surface area (Å²) in [5.41, 5.74) is -1.09. The Balaban J connectivity index is 1.90. The monoisotopic (exact) mass is 412 g/mol. The van der Waals surface area contributed by atoms with E-state index in [0.717, 1.165) is 24.3 Å². The molecule has 29 heavy (non-hydrogen) atoms. The van der Waals surface area contributed by atoms with Gasteiger partial charge in [-0.3, -0.25) is 9.59 Å². The van der Waals surface area contributed by atoms with Crippen molar-refractivity contribution in [2.75, 3.05) is 13.1 Å². The van der Waals surface area contributed by atoms with Gasteiger partial charge in [0.15, 0.2) is 0 Å². The van der Waals surface area contributed by atoms with Crippen LogP contribution < -0.4 is 5.32 Å². The number of carbonyl (C=O) groups excluding carboxylic acids is 2. The first-order chi connectivity index (χ1) is 13.6. The predicted octanol–water partition coefficient (Wildman–Crippen LogP) is 4.08. The van der Waals surface area contributed by atoms with E-state index < -0.39 is 35.3 Å². The van der Waals surface area contributed by atoms with E-state index in [1.54, 1.807) is 0 Å². The molecule has 0 spiro atoms. The number of carbonyl (C=O) groups is 2. The SMILES string of the molecule is O=C(NC(CN1CCCC1=O)c1cccc(C(F)(F)F)c1)c1cc(F)cc(F)c1. The van der Waals surface area contributed by atoms with Gasteiger partial charge in [-0.25, -0.2) is 8.78 Å². The number of hydrogen-bond acceptors (Lipinski definition) is 2. The molecule has 3 rings (SSSR count). The molecule has 154 valence electrons. The summed E-state index contributed by atoms with van der Waals surface area (Å²) < 4.78 is 66.1. The summed E-state index contributed by atoms with van der Waals surface area (Å²) >= 11 is 0. The minimum atomic E-state index is -4.58. The van der Waals surface area contributed by atoms with Gasteiger partial charge in [0.2, 0.25) is 5.91 Å². The molecule has 1 fully saturated rings. The maximum Gasteiger partial charge on any atom is 0.416 e. The van der Waals surface area contributed by atoms with Crippen molar-refractivity contribution in [1.29, 1.82) is 0 Å². The standard InChI is InChI=1S/C20H17F5N2O2/c21-15-8-13(9-16(22)10-15)19(29)26-17(11-27-6-2-5-18(27)28)12-3-1-4-14(7-12)20(23,24)25/h1,3-4,7-10,17H,2,5-6,11H2,(H,26,29). The summed E-state index contributed by atoms with van der Waals surface area (Å²) in [5, 5.41) is 2.50. The largest absolute Gasteiger partial charge is 0.416 e. The van der Waals surface area contributed by atoms with Crippen molar-refractivity contribution < 1.29 is 31.5 Å². The van der Waals surface area contributed by atoms with Crippen LogP contribution in [-0.4, -0.2) is 29.8 Å². The minimum Gasteiger partial charge on any atom is -0.343 e. The Morgan fingerprint density at radius 1 is 1.10 bits per heavy atom. The Morgan fingerprint density at radius 2 is 1.79 bits per heavy atom. The maximum atomic E-state index is 13.4. The summed E-state index contributed by atoms with van der Waals surface area (Å²) in [6, 6.07) is 5.63. The zero-order chi connectivity index (χ0) is 21.2. The Kier molecular flexibility index (Phi) is 5.86. The van der Waals surface area contributed by atoms with Crippen molar-refractivity contribution in [2.45, 2.75) is 25.1 Å². The highest BCUT2D eigenvalue weighted by atomic mass is 19.4. The van der Waals surface area contributed by atoms with Gasteiger partial charge >= 0.3 is 6.18 Å². The highest BCUT2D eigenvalue weighted by Gasteiger charge is 2.32. The zero-order valence-corrected chi connectivity index (χ0v) is 15.1. The molecule has 0 saturated carbocycles. The molecule has 1 heterocycles. The number of rotatable bonds is 5. The van der Waals surface area contributed by atoms with Crippen LogP contribution in [0.3, 0.4) is 0 Å². The first-order valence-electron chi connectivity index (χ1n) is 8.85. The molecule has 1 aliphatic heterocycles. The zero-order valence-electron chi connectivity index (χ0n) is 15.1. The van der Waals surface area contributed by atoms with E-state index in [9.17, 15) is 31.5 Å². The second-order valence-corrected chi connectivity index (χ2v) is 6.75. The first-order valence-corrected chi connectivity index (χ1v) is 8.85. The second-order valence-electron chi connectivity index (χ2n) is 6.75. The topological polar surface area (TPSA) is 49.4 Å². The summed E-state index contributed by atoms with van der Waals surface area (Å²) in [7, 11) is 0. The molecule has 0 aromatic heterocycles. The van der Waals surface area contributed by atoms with Crippen LogP contribution in [0, 0.1) is 11.6 Å². The smallest absolute Gasteiger partial charge is 0.343 e. The second kappa shape index (κ2) is 8.18. The van der Waals surface area contributed by atoms with E-state index >= 15 is 0 Å². The third-order valence-electron chi connectivity index (χ3n) is 4.62. The van der Waals surface area contributed by atoms with Crippen molar-refractivity contribution in [3.8, 4) is 0 Å². The van der Waals surface area contributed by atoms with Gasteiger partial charge in [0.05, 0.1) is 11.6 Å². The molecule has 1 aliphatic rings. The van der Waals surface area contributed by atoms with Crippen molar-refractivity contribution in [3.05, 3.63) is 70.8 Å². The van der Waals surface area contributed by atoms with E-state index in [0.29, 0.717) is 25.5 Å². The Morgan fingerprint density at radius 3 is 2.38 bits per heavy atom. The minimum absolute atomic E-state index is 0.0519. The Bertz CT molecular complexity index is 909. The quantitative estimate of drug-likeness (QED) is 0.753. The lowest BCUT2D eigenvalue weighted by molar-refractivity contribution is -0.137. The highest BCUT2D eigenvalue weighted by molar-refractivity contribution is 5.94. The number of nitrogens with zero attached hydrogens (tertiary/aromatic N) is 1. The van der Waals surface area contributed by atoms with Gasteiger partial charge in [0, 0.05) is 31.1 Å². The van der Waals surface area contributed by atoms with Crippen molar-refractivity contribution in [2.24, 2.45) is 0 Å². The number of halogens is 5. The van der Waals surface area contributed by atoms with Gasteiger partial charge in [-0.1, -0.05) is 12.1 Å². The van der Waals surface area contributed by atoms with Gasteiger partial charge in [0.25, 0.3) is 5.91 Å². The average molecular weight is 412 g/mol. The molecule has 2 aromatic carbocycles. The van der Waals surface area contributed by atoms with Gasteiger partial charge < -0.3 is 10.2 Å². The summed E-state index contributed by atoms with van der Waals surface area (Å²) in [6.07, 6.45) is -3.66. The van der Waals surface area contributed by atoms with Crippen LogP contribution in [0.5, 0.6) is 0 Å². The fourth-order valence-corrected chi connectivity index (χ4v) is 3.21. The lowest BCUT2D eigenvalue weighted by Crippen LogP contribution is -2.38. The lowest BCUT2D eigenvalue weighted by Gasteiger charge is -2.26. The van der Waals surface area contributed by atoms with Crippen molar-refractivity contribution >= 4 is 11.8 Å². The lowest BCUT2D eigenvalue weighted by atomic mass is 10.0. The number of benzene rings is 2. The molecule has 2 aromatic rings.